The maximum atomic E-state index is 11.9. The topological polar surface area (TPSA) is 78.9 Å². The Balaban J connectivity index is 4.41. The van der Waals surface area contributed by atoms with Crippen molar-refractivity contribution in [3.63, 3.8) is 0 Å². The third-order valence-corrected chi connectivity index (χ3v) is 2.57. The number of carboxylic acids is 1. The summed E-state index contributed by atoms with van der Waals surface area (Å²) < 4.78 is 4.87. The van der Waals surface area contributed by atoms with Crippen molar-refractivity contribution >= 4 is 12.0 Å². The number of carbonyl (C=O) groups is 2. The third-order valence-electron chi connectivity index (χ3n) is 2.57. The van der Waals surface area contributed by atoms with Crippen LogP contribution in [0.15, 0.2) is 12.7 Å². The van der Waals surface area contributed by atoms with E-state index in [0.29, 0.717) is 32.5 Å². The molecular weight excluding hydrogens is 248 g/mol. The highest BCUT2D eigenvalue weighted by atomic mass is 16.5. The van der Waals surface area contributed by atoms with Gasteiger partial charge in [0.2, 0.25) is 0 Å². The zero-order chi connectivity index (χ0) is 14.7. The first-order valence-corrected chi connectivity index (χ1v) is 6.44. The molecule has 0 aromatic rings. The highest BCUT2D eigenvalue weighted by Gasteiger charge is 2.21. The summed E-state index contributed by atoms with van der Waals surface area (Å²) in [6.45, 7) is 7.00. The number of hydrogen-bond donors (Lipinski definition) is 2. The number of hydrogen-bond acceptors (Lipinski definition) is 3. The average molecular weight is 272 g/mol. The van der Waals surface area contributed by atoms with E-state index < -0.39 is 12.0 Å². The minimum Gasteiger partial charge on any atom is -0.480 e. The highest BCUT2D eigenvalue weighted by Crippen LogP contribution is 2.01. The molecule has 6 nitrogen and oxygen atoms in total. The number of methoxy groups -OCH3 is 1. The Morgan fingerprint density at radius 2 is 2.21 bits per heavy atom. The molecule has 0 heterocycles. The van der Waals surface area contributed by atoms with Gasteiger partial charge in [0, 0.05) is 26.8 Å². The SMILES string of the molecule is C=CCN(CCC)C(=O)NC(CCCOC)C(=O)O. The maximum Gasteiger partial charge on any atom is 0.326 e. The minimum atomic E-state index is -1.03. The number of aliphatic carboxylic acids is 1. The molecule has 0 aliphatic carbocycles. The number of ether oxygens (including phenoxy) is 1. The van der Waals surface area contributed by atoms with Crippen molar-refractivity contribution < 1.29 is 19.4 Å². The summed E-state index contributed by atoms with van der Waals surface area (Å²) >= 11 is 0. The van der Waals surface area contributed by atoms with Gasteiger partial charge < -0.3 is 20.1 Å². The molecule has 0 aliphatic rings. The molecule has 1 atom stereocenters. The summed E-state index contributed by atoms with van der Waals surface area (Å²) in [7, 11) is 1.56. The van der Waals surface area contributed by atoms with E-state index in [1.807, 2.05) is 6.92 Å². The molecule has 0 bridgehead atoms. The van der Waals surface area contributed by atoms with E-state index >= 15 is 0 Å². The first kappa shape index (κ1) is 17.4. The zero-order valence-corrected chi connectivity index (χ0v) is 11.7. The van der Waals surface area contributed by atoms with Gasteiger partial charge in [-0.05, 0) is 19.3 Å². The fourth-order valence-corrected chi connectivity index (χ4v) is 1.63. The van der Waals surface area contributed by atoms with Crippen LogP contribution in [0.3, 0.4) is 0 Å². The number of urea groups is 1. The Morgan fingerprint density at radius 1 is 1.53 bits per heavy atom. The smallest absolute Gasteiger partial charge is 0.326 e. The second kappa shape index (κ2) is 10.4. The van der Waals surface area contributed by atoms with Crippen molar-refractivity contribution in [3.8, 4) is 0 Å². The van der Waals surface area contributed by atoms with Gasteiger partial charge in [-0.2, -0.15) is 0 Å². The number of rotatable bonds is 10. The molecule has 110 valence electrons. The second-order valence-corrected chi connectivity index (χ2v) is 4.21. The summed E-state index contributed by atoms with van der Waals surface area (Å²) in [4.78, 5) is 24.6. The van der Waals surface area contributed by atoms with E-state index in [1.165, 1.54) is 0 Å². The average Bonchev–Trinajstić information content (AvgIpc) is 2.37. The Labute approximate surface area is 114 Å². The standard InChI is InChI=1S/C13H24N2O4/c1-4-8-15(9-5-2)13(18)14-11(12(16)17)7-6-10-19-3/h4,11H,1,5-10H2,2-3H3,(H,14,18)(H,16,17). The van der Waals surface area contributed by atoms with Crippen LogP contribution in [0.4, 0.5) is 4.79 Å². The van der Waals surface area contributed by atoms with Crippen LogP contribution >= 0.6 is 0 Å². The van der Waals surface area contributed by atoms with Crippen LogP contribution in [-0.2, 0) is 9.53 Å². The van der Waals surface area contributed by atoms with Crippen molar-refractivity contribution in [2.45, 2.75) is 32.2 Å². The Bertz CT molecular complexity index is 294. The van der Waals surface area contributed by atoms with E-state index in [4.69, 9.17) is 9.84 Å². The monoisotopic (exact) mass is 272 g/mol. The lowest BCUT2D eigenvalue weighted by molar-refractivity contribution is -0.139. The third kappa shape index (κ3) is 7.46. The molecule has 0 aromatic heterocycles. The van der Waals surface area contributed by atoms with Gasteiger partial charge in [-0.1, -0.05) is 13.0 Å². The highest BCUT2D eigenvalue weighted by molar-refractivity contribution is 5.82. The summed E-state index contributed by atoms with van der Waals surface area (Å²) in [5.41, 5.74) is 0. The largest absolute Gasteiger partial charge is 0.480 e. The molecule has 19 heavy (non-hydrogen) atoms. The molecule has 0 saturated carbocycles. The first-order valence-electron chi connectivity index (χ1n) is 6.44. The van der Waals surface area contributed by atoms with E-state index in [9.17, 15) is 9.59 Å². The number of amides is 2. The molecular formula is C13H24N2O4. The lowest BCUT2D eigenvalue weighted by Crippen LogP contribution is -2.48. The van der Waals surface area contributed by atoms with Crippen molar-refractivity contribution in [1.82, 2.24) is 10.2 Å². The molecule has 2 amide bonds. The van der Waals surface area contributed by atoms with Gasteiger partial charge in [-0.3, -0.25) is 0 Å². The molecule has 6 heteroatoms. The van der Waals surface area contributed by atoms with Gasteiger partial charge >= 0.3 is 12.0 Å². The van der Waals surface area contributed by atoms with Crippen LogP contribution in [0.2, 0.25) is 0 Å². The number of nitrogens with one attached hydrogen (secondary N) is 1. The van der Waals surface area contributed by atoms with Crippen LogP contribution in [0.5, 0.6) is 0 Å². The predicted molar refractivity (Wildman–Crippen MR) is 73.1 cm³/mol. The molecule has 0 radical (unpaired) electrons. The van der Waals surface area contributed by atoms with E-state index in [0.717, 1.165) is 6.42 Å². The van der Waals surface area contributed by atoms with Gasteiger partial charge in [0.15, 0.2) is 0 Å². The van der Waals surface area contributed by atoms with Crippen molar-refractivity contribution in [3.05, 3.63) is 12.7 Å². The van der Waals surface area contributed by atoms with Gasteiger partial charge in [0.05, 0.1) is 0 Å². The molecule has 0 spiro atoms. The molecule has 0 fully saturated rings. The molecule has 2 N–H and O–H groups in total. The fourth-order valence-electron chi connectivity index (χ4n) is 1.63. The second-order valence-electron chi connectivity index (χ2n) is 4.21. The molecule has 1 unspecified atom stereocenters. The maximum absolute atomic E-state index is 11.9. The van der Waals surface area contributed by atoms with Crippen LogP contribution in [0.1, 0.15) is 26.2 Å². The van der Waals surface area contributed by atoms with Gasteiger partial charge in [-0.25, -0.2) is 9.59 Å². The number of carboxylic acid groups (broad SMARTS) is 1. The van der Waals surface area contributed by atoms with E-state index in [2.05, 4.69) is 11.9 Å². The van der Waals surface area contributed by atoms with E-state index in [-0.39, 0.29) is 6.03 Å². The van der Waals surface area contributed by atoms with Gasteiger partial charge in [0.1, 0.15) is 6.04 Å². The molecule has 0 aromatic carbocycles. The van der Waals surface area contributed by atoms with Crippen LogP contribution in [0, 0.1) is 0 Å². The Kier molecular flexibility index (Phi) is 9.52. The van der Waals surface area contributed by atoms with E-state index in [1.54, 1.807) is 18.1 Å². The van der Waals surface area contributed by atoms with Crippen LogP contribution in [-0.4, -0.2) is 54.9 Å². The summed E-state index contributed by atoms with van der Waals surface area (Å²) in [6.07, 6.45) is 3.37. The Morgan fingerprint density at radius 3 is 2.68 bits per heavy atom. The summed E-state index contributed by atoms with van der Waals surface area (Å²) in [6, 6.07) is -1.25. The fraction of sp³-hybridized carbons (Fsp3) is 0.692. The molecule has 0 aliphatic heterocycles. The summed E-state index contributed by atoms with van der Waals surface area (Å²) in [5, 5.41) is 11.6. The number of nitrogens with zero attached hydrogens (tertiary/aromatic N) is 1. The predicted octanol–water partition coefficient (Wildman–Crippen LogP) is 1.47. The molecule has 0 rings (SSSR count). The number of carbonyl (C=O) groups excluding carboxylic acids is 1. The Hall–Kier alpha value is -1.56. The van der Waals surface area contributed by atoms with Crippen molar-refractivity contribution in [1.29, 1.82) is 0 Å². The lowest BCUT2D eigenvalue weighted by Gasteiger charge is -2.23. The van der Waals surface area contributed by atoms with Gasteiger partial charge in [0.25, 0.3) is 0 Å². The van der Waals surface area contributed by atoms with Gasteiger partial charge in [-0.15, -0.1) is 6.58 Å². The normalized spacial score (nSPS) is 11.7. The quantitative estimate of drug-likeness (QED) is 0.466. The molecule has 0 saturated heterocycles. The summed E-state index contributed by atoms with van der Waals surface area (Å²) in [5.74, 6) is -1.03. The van der Waals surface area contributed by atoms with Crippen molar-refractivity contribution in [2.24, 2.45) is 0 Å². The lowest BCUT2D eigenvalue weighted by atomic mass is 10.1. The van der Waals surface area contributed by atoms with Crippen LogP contribution in [0.25, 0.3) is 0 Å². The van der Waals surface area contributed by atoms with Crippen LogP contribution < -0.4 is 5.32 Å². The minimum absolute atomic E-state index is 0.350. The zero-order valence-electron chi connectivity index (χ0n) is 11.7. The van der Waals surface area contributed by atoms with Crippen molar-refractivity contribution in [2.75, 3.05) is 26.8 Å². The first-order chi connectivity index (χ1) is 9.06.